The zero-order chi connectivity index (χ0) is 13.8. The van der Waals surface area contributed by atoms with Gasteiger partial charge in [0.1, 0.15) is 0 Å². The summed E-state index contributed by atoms with van der Waals surface area (Å²) in [5, 5.41) is 19.7. The van der Waals surface area contributed by atoms with Crippen LogP contribution in [0.15, 0.2) is 24.3 Å². The van der Waals surface area contributed by atoms with Crippen molar-refractivity contribution in [3.8, 4) is 0 Å². The van der Waals surface area contributed by atoms with Crippen molar-refractivity contribution in [1.29, 1.82) is 0 Å². The average molecular weight is 284 g/mol. The minimum absolute atomic E-state index is 0.232. The normalized spacial score (nSPS) is 19.3. The summed E-state index contributed by atoms with van der Waals surface area (Å²) in [5.41, 5.74) is 0.838. The van der Waals surface area contributed by atoms with Gasteiger partial charge in [0.25, 0.3) is 0 Å². The van der Waals surface area contributed by atoms with Gasteiger partial charge < -0.3 is 15.1 Å². The molecular formula is C14H18ClNO3. The predicted molar refractivity (Wildman–Crippen MR) is 73.2 cm³/mol. The highest BCUT2D eigenvalue weighted by Crippen LogP contribution is 2.21. The molecule has 0 bridgehead atoms. The van der Waals surface area contributed by atoms with Crippen molar-refractivity contribution < 1.29 is 15.0 Å². The number of likely N-dealkylation sites (tertiary alicyclic amines) is 1. The van der Waals surface area contributed by atoms with E-state index in [-0.39, 0.29) is 5.92 Å². The number of hydrogen-bond acceptors (Lipinski definition) is 3. The van der Waals surface area contributed by atoms with Crippen LogP contribution in [0.1, 0.15) is 24.5 Å². The van der Waals surface area contributed by atoms with Crippen LogP contribution >= 0.6 is 11.6 Å². The molecule has 5 heteroatoms. The van der Waals surface area contributed by atoms with E-state index in [9.17, 15) is 9.90 Å². The fourth-order valence-corrected chi connectivity index (χ4v) is 2.52. The number of aliphatic hydroxyl groups excluding tert-OH is 1. The Morgan fingerprint density at radius 1 is 1.32 bits per heavy atom. The second kappa shape index (κ2) is 6.37. The molecule has 0 saturated carbocycles. The molecule has 2 N–H and O–H groups in total. The highest BCUT2D eigenvalue weighted by Gasteiger charge is 2.25. The van der Waals surface area contributed by atoms with E-state index in [2.05, 4.69) is 4.90 Å². The van der Waals surface area contributed by atoms with Gasteiger partial charge in [0.05, 0.1) is 12.0 Å². The Labute approximate surface area is 117 Å². The SMILES string of the molecule is O=C(O)C1CCN(CC(O)c2ccc(Cl)cc2)CC1. The molecule has 0 aromatic heterocycles. The molecule has 104 valence electrons. The number of carbonyl (C=O) groups is 1. The van der Waals surface area contributed by atoms with E-state index in [1.54, 1.807) is 12.1 Å². The van der Waals surface area contributed by atoms with Crippen molar-refractivity contribution in [2.45, 2.75) is 18.9 Å². The fraction of sp³-hybridized carbons (Fsp3) is 0.500. The van der Waals surface area contributed by atoms with Crippen molar-refractivity contribution >= 4 is 17.6 Å². The van der Waals surface area contributed by atoms with E-state index in [0.29, 0.717) is 24.4 Å². The van der Waals surface area contributed by atoms with Crippen LogP contribution in [0.2, 0.25) is 5.02 Å². The molecule has 19 heavy (non-hydrogen) atoms. The van der Waals surface area contributed by atoms with E-state index >= 15 is 0 Å². The summed E-state index contributed by atoms with van der Waals surface area (Å²) >= 11 is 5.81. The van der Waals surface area contributed by atoms with Gasteiger partial charge >= 0.3 is 5.97 Å². The first kappa shape index (κ1) is 14.3. The van der Waals surface area contributed by atoms with E-state index < -0.39 is 12.1 Å². The molecule has 0 amide bonds. The second-order valence-corrected chi connectivity index (χ2v) is 5.42. The smallest absolute Gasteiger partial charge is 0.306 e. The number of nitrogens with zero attached hydrogens (tertiary/aromatic N) is 1. The van der Waals surface area contributed by atoms with Crippen LogP contribution in [0.5, 0.6) is 0 Å². The highest BCUT2D eigenvalue weighted by molar-refractivity contribution is 6.30. The summed E-state index contributed by atoms with van der Waals surface area (Å²) in [4.78, 5) is 13.0. The van der Waals surface area contributed by atoms with Crippen molar-refractivity contribution in [3.63, 3.8) is 0 Å². The Bertz CT molecular complexity index is 427. The molecule has 1 aromatic rings. The lowest BCUT2D eigenvalue weighted by molar-refractivity contribution is -0.143. The first-order chi connectivity index (χ1) is 9.06. The van der Waals surface area contributed by atoms with Gasteiger partial charge in [0, 0.05) is 11.6 Å². The summed E-state index contributed by atoms with van der Waals surface area (Å²) in [6, 6.07) is 7.15. The van der Waals surface area contributed by atoms with Crippen LogP contribution in [-0.2, 0) is 4.79 Å². The Hall–Kier alpha value is -1.10. The standard InChI is InChI=1S/C14H18ClNO3/c15-12-3-1-10(2-4-12)13(17)9-16-7-5-11(6-8-16)14(18)19/h1-4,11,13,17H,5-9H2,(H,18,19). The lowest BCUT2D eigenvalue weighted by Crippen LogP contribution is -2.38. The Balaban J connectivity index is 1.85. The average Bonchev–Trinajstić information content (AvgIpc) is 2.40. The van der Waals surface area contributed by atoms with Gasteiger partial charge in [-0.25, -0.2) is 0 Å². The summed E-state index contributed by atoms with van der Waals surface area (Å²) in [6.45, 7) is 1.98. The molecule has 4 nitrogen and oxygen atoms in total. The number of piperidine rings is 1. The zero-order valence-corrected chi connectivity index (χ0v) is 11.4. The number of aliphatic carboxylic acids is 1. The predicted octanol–water partition coefficient (Wildman–Crippen LogP) is 2.17. The van der Waals surface area contributed by atoms with Crippen LogP contribution < -0.4 is 0 Å². The molecule has 1 atom stereocenters. The number of hydrogen-bond donors (Lipinski definition) is 2. The molecular weight excluding hydrogens is 266 g/mol. The van der Waals surface area contributed by atoms with E-state index in [1.165, 1.54) is 0 Å². The third kappa shape index (κ3) is 3.93. The number of halogens is 1. The van der Waals surface area contributed by atoms with Gasteiger partial charge in [0.15, 0.2) is 0 Å². The summed E-state index contributed by atoms with van der Waals surface area (Å²) in [5.74, 6) is -0.943. The quantitative estimate of drug-likeness (QED) is 0.889. The maximum absolute atomic E-state index is 10.9. The van der Waals surface area contributed by atoms with Crippen molar-refractivity contribution in [2.24, 2.45) is 5.92 Å². The number of carboxylic acids is 1. The molecule has 1 aromatic carbocycles. The van der Waals surface area contributed by atoms with E-state index in [0.717, 1.165) is 18.7 Å². The van der Waals surface area contributed by atoms with Crippen LogP contribution in [0, 0.1) is 5.92 Å². The van der Waals surface area contributed by atoms with Gasteiger partial charge in [-0.1, -0.05) is 23.7 Å². The van der Waals surface area contributed by atoms with Gasteiger partial charge in [-0.3, -0.25) is 4.79 Å². The molecule has 1 unspecified atom stereocenters. The Morgan fingerprint density at radius 3 is 2.42 bits per heavy atom. The lowest BCUT2D eigenvalue weighted by Gasteiger charge is -2.31. The second-order valence-electron chi connectivity index (χ2n) is 4.98. The number of carboxylic acid groups (broad SMARTS) is 1. The first-order valence-corrected chi connectivity index (χ1v) is 6.83. The minimum atomic E-state index is -0.710. The third-order valence-corrected chi connectivity index (χ3v) is 3.87. The molecule has 2 rings (SSSR count). The molecule has 1 heterocycles. The van der Waals surface area contributed by atoms with Gasteiger partial charge in [-0.15, -0.1) is 0 Å². The maximum Gasteiger partial charge on any atom is 0.306 e. The first-order valence-electron chi connectivity index (χ1n) is 6.45. The third-order valence-electron chi connectivity index (χ3n) is 3.62. The van der Waals surface area contributed by atoms with Gasteiger partial charge in [0.2, 0.25) is 0 Å². The van der Waals surface area contributed by atoms with Crippen molar-refractivity contribution in [2.75, 3.05) is 19.6 Å². The summed E-state index contributed by atoms with van der Waals surface area (Å²) in [6.07, 6.45) is 0.754. The Morgan fingerprint density at radius 2 is 1.89 bits per heavy atom. The molecule has 1 aliphatic rings. The molecule has 0 spiro atoms. The fourth-order valence-electron chi connectivity index (χ4n) is 2.40. The van der Waals surface area contributed by atoms with Crippen LogP contribution in [0.4, 0.5) is 0 Å². The molecule has 1 aliphatic heterocycles. The number of β-amino-alcohol motifs (C(OH)–C–C–N with tert-alkyl or cyclic N) is 1. The Kier molecular flexibility index (Phi) is 4.80. The monoisotopic (exact) mass is 283 g/mol. The number of benzene rings is 1. The van der Waals surface area contributed by atoms with E-state index in [4.69, 9.17) is 16.7 Å². The number of rotatable bonds is 4. The van der Waals surface area contributed by atoms with Gasteiger partial charge in [-0.2, -0.15) is 0 Å². The summed E-state index contributed by atoms with van der Waals surface area (Å²) in [7, 11) is 0. The highest BCUT2D eigenvalue weighted by atomic mass is 35.5. The minimum Gasteiger partial charge on any atom is -0.481 e. The maximum atomic E-state index is 10.9. The van der Waals surface area contributed by atoms with Crippen LogP contribution in [0.25, 0.3) is 0 Å². The zero-order valence-electron chi connectivity index (χ0n) is 10.6. The summed E-state index contributed by atoms with van der Waals surface area (Å²) < 4.78 is 0. The topological polar surface area (TPSA) is 60.8 Å². The molecule has 1 fully saturated rings. The lowest BCUT2D eigenvalue weighted by atomic mass is 9.96. The van der Waals surface area contributed by atoms with Crippen molar-refractivity contribution in [3.05, 3.63) is 34.9 Å². The molecule has 0 aliphatic carbocycles. The van der Waals surface area contributed by atoms with Crippen molar-refractivity contribution in [1.82, 2.24) is 4.90 Å². The molecule has 0 radical (unpaired) electrons. The van der Waals surface area contributed by atoms with E-state index in [1.807, 2.05) is 12.1 Å². The van der Waals surface area contributed by atoms with Crippen LogP contribution in [-0.4, -0.2) is 40.7 Å². The number of aliphatic hydroxyl groups is 1. The molecule has 1 saturated heterocycles. The van der Waals surface area contributed by atoms with Gasteiger partial charge in [-0.05, 0) is 43.6 Å². The largest absolute Gasteiger partial charge is 0.481 e. The van der Waals surface area contributed by atoms with Crippen LogP contribution in [0.3, 0.4) is 0 Å².